The molecule has 2 aromatic rings. The van der Waals surface area contributed by atoms with Gasteiger partial charge in [0.1, 0.15) is 28.7 Å². The van der Waals surface area contributed by atoms with Gasteiger partial charge in [-0.2, -0.15) is 0 Å². The van der Waals surface area contributed by atoms with Crippen LogP contribution in [0, 0.1) is 11.6 Å². The minimum atomic E-state index is -3.74. The highest BCUT2D eigenvalue weighted by Gasteiger charge is 2.53. The van der Waals surface area contributed by atoms with Gasteiger partial charge >= 0.3 is 0 Å². The van der Waals surface area contributed by atoms with Crippen molar-refractivity contribution < 1.29 is 26.7 Å². The van der Waals surface area contributed by atoms with Crippen molar-refractivity contribution in [3.8, 4) is 5.75 Å². The number of hydrogen-bond donors (Lipinski definition) is 0. The van der Waals surface area contributed by atoms with Gasteiger partial charge < -0.3 is 9.47 Å². The second-order valence-electron chi connectivity index (χ2n) is 5.80. The highest BCUT2D eigenvalue weighted by molar-refractivity contribution is 7.91. The van der Waals surface area contributed by atoms with Crippen LogP contribution >= 0.6 is 0 Å². The van der Waals surface area contributed by atoms with Crippen molar-refractivity contribution in [1.29, 1.82) is 0 Å². The highest BCUT2D eigenvalue weighted by atomic mass is 32.2. The Hall–Kier alpha value is -1.99. The summed E-state index contributed by atoms with van der Waals surface area (Å²) >= 11 is 0. The van der Waals surface area contributed by atoms with Gasteiger partial charge in [0.05, 0.1) is 13.2 Å². The molecule has 3 rings (SSSR count). The second-order valence-corrected chi connectivity index (χ2v) is 8.12. The number of rotatable bonds is 5. The molecule has 1 fully saturated rings. The van der Waals surface area contributed by atoms with Gasteiger partial charge in [0.15, 0.2) is 9.84 Å². The third kappa shape index (κ3) is 2.89. The van der Waals surface area contributed by atoms with Gasteiger partial charge in [-0.1, -0.05) is 30.3 Å². The normalized spacial score (nSPS) is 16.5. The zero-order valence-corrected chi connectivity index (χ0v) is 13.8. The minimum Gasteiger partial charge on any atom is -0.489 e. The second kappa shape index (κ2) is 6.14. The van der Waals surface area contributed by atoms with Crippen molar-refractivity contribution in [1.82, 2.24) is 0 Å². The van der Waals surface area contributed by atoms with Crippen LogP contribution in [0.25, 0.3) is 0 Å². The molecule has 0 unspecified atom stereocenters. The monoisotopic (exact) mass is 354 g/mol. The lowest BCUT2D eigenvalue weighted by atomic mass is 9.95. The Labute approximate surface area is 138 Å². The summed E-state index contributed by atoms with van der Waals surface area (Å²) in [6.07, 6.45) is 0.953. The van der Waals surface area contributed by atoms with Gasteiger partial charge in [0.25, 0.3) is 0 Å². The number of hydrogen-bond acceptors (Lipinski definition) is 4. The molecule has 0 N–H and O–H groups in total. The molecule has 0 aliphatic carbocycles. The van der Waals surface area contributed by atoms with Crippen molar-refractivity contribution in [3.05, 3.63) is 65.2 Å². The Morgan fingerprint density at radius 2 is 1.71 bits per heavy atom. The molecule has 0 saturated carbocycles. The molecule has 0 radical (unpaired) electrons. The van der Waals surface area contributed by atoms with E-state index in [0.717, 1.165) is 24.0 Å². The molecule has 0 aromatic heterocycles. The van der Waals surface area contributed by atoms with Crippen LogP contribution in [0.1, 0.15) is 11.1 Å². The topological polar surface area (TPSA) is 52.6 Å². The molecule has 7 heteroatoms. The van der Waals surface area contributed by atoms with Crippen LogP contribution in [0.3, 0.4) is 0 Å². The van der Waals surface area contributed by atoms with Crippen LogP contribution in [0.2, 0.25) is 0 Å². The number of benzene rings is 2. The van der Waals surface area contributed by atoms with Crippen molar-refractivity contribution in [2.75, 3.05) is 19.5 Å². The fourth-order valence-corrected chi connectivity index (χ4v) is 3.80. The van der Waals surface area contributed by atoms with Crippen molar-refractivity contribution >= 4 is 9.84 Å². The van der Waals surface area contributed by atoms with E-state index in [1.807, 2.05) is 30.3 Å². The molecule has 1 saturated heterocycles. The van der Waals surface area contributed by atoms with E-state index in [1.54, 1.807) is 0 Å². The van der Waals surface area contributed by atoms with Gasteiger partial charge in [-0.25, -0.2) is 17.2 Å². The molecule has 0 spiro atoms. The van der Waals surface area contributed by atoms with E-state index < -0.39 is 31.8 Å². The summed E-state index contributed by atoms with van der Waals surface area (Å²) in [6, 6.07) is 11.2. The van der Waals surface area contributed by atoms with Crippen LogP contribution in [-0.2, 0) is 25.9 Å². The van der Waals surface area contributed by atoms with Crippen LogP contribution in [0.5, 0.6) is 5.75 Å². The van der Waals surface area contributed by atoms with Crippen molar-refractivity contribution in [2.45, 2.75) is 11.4 Å². The maximum absolute atomic E-state index is 14.4. The van der Waals surface area contributed by atoms with Gasteiger partial charge in [0, 0.05) is 24.0 Å². The predicted octanol–water partition coefficient (Wildman–Crippen LogP) is 2.81. The van der Waals surface area contributed by atoms with Crippen LogP contribution in [-0.4, -0.2) is 27.9 Å². The average molecular weight is 354 g/mol. The first-order chi connectivity index (χ1) is 11.3. The molecule has 4 nitrogen and oxygen atoms in total. The minimum absolute atomic E-state index is 0.00139. The lowest BCUT2D eigenvalue weighted by molar-refractivity contribution is -0.0187. The molecular weight excluding hydrogens is 338 g/mol. The summed E-state index contributed by atoms with van der Waals surface area (Å²) < 4.78 is 61.5. The summed E-state index contributed by atoms with van der Waals surface area (Å²) in [6.45, 7) is -0.368. The van der Waals surface area contributed by atoms with E-state index in [9.17, 15) is 17.2 Å². The maximum Gasteiger partial charge on any atom is 0.162 e. The van der Waals surface area contributed by atoms with Gasteiger partial charge in [-0.3, -0.25) is 0 Å². The van der Waals surface area contributed by atoms with E-state index in [-0.39, 0.29) is 25.6 Å². The van der Waals surface area contributed by atoms with E-state index in [0.29, 0.717) is 0 Å². The molecule has 0 amide bonds. The Kier molecular flexibility index (Phi) is 4.31. The molecule has 2 aromatic carbocycles. The van der Waals surface area contributed by atoms with E-state index in [2.05, 4.69) is 0 Å². The summed E-state index contributed by atoms with van der Waals surface area (Å²) in [5, 5.41) is 0. The zero-order valence-electron chi connectivity index (χ0n) is 13.0. The zero-order chi connectivity index (χ0) is 17.4. The summed E-state index contributed by atoms with van der Waals surface area (Å²) in [5.74, 6) is -1.90. The van der Waals surface area contributed by atoms with E-state index in [4.69, 9.17) is 9.47 Å². The first-order valence-electron chi connectivity index (χ1n) is 7.27. The van der Waals surface area contributed by atoms with Gasteiger partial charge in [-0.15, -0.1) is 0 Å². The van der Waals surface area contributed by atoms with Gasteiger partial charge in [-0.05, 0) is 5.56 Å². The molecule has 128 valence electrons. The fourth-order valence-electron chi connectivity index (χ4n) is 2.64. The van der Waals surface area contributed by atoms with E-state index >= 15 is 0 Å². The number of halogens is 2. The van der Waals surface area contributed by atoms with Crippen LogP contribution < -0.4 is 4.74 Å². The first-order valence-corrected chi connectivity index (χ1v) is 9.16. The summed E-state index contributed by atoms with van der Waals surface area (Å²) in [5.41, 5.74) is 0.366. The number of sulfone groups is 1. The average Bonchev–Trinajstić information content (AvgIpc) is 2.46. The molecule has 1 heterocycles. The quantitative estimate of drug-likeness (QED) is 0.829. The molecule has 0 bridgehead atoms. The summed E-state index contributed by atoms with van der Waals surface area (Å²) in [7, 11) is -3.74. The predicted molar refractivity (Wildman–Crippen MR) is 84.5 cm³/mol. The molecule has 1 aliphatic rings. The van der Waals surface area contributed by atoms with Crippen molar-refractivity contribution in [2.24, 2.45) is 0 Å². The SMILES string of the molecule is CS(=O)(=O)C1(c2c(F)cc(OCc3ccccc3)cc2F)COC1. The van der Waals surface area contributed by atoms with Crippen molar-refractivity contribution in [3.63, 3.8) is 0 Å². The summed E-state index contributed by atoms with van der Waals surface area (Å²) in [4.78, 5) is 0. The molecule has 1 aliphatic heterocycles. The maximum atomic E-state index is 14.4. The van der Waals surface area contributed by atoms with Crippen LogP contribution in [0.4, 0.5) is 8.78 Å². The smallest absolute Gasteiger partial charge is 0.162 e. The standard InChI is InChI=1S/C17H16F2O4S/c1-24(20,21)17(10-22-11-17)16-14(18)7-13(8-15(16)19)23-9-12-5-3-2-4-6-12/h2-8H,9-11H2,1H3. The fraction of sp³-hybridized carbons (Fsp3) is 0.294. The third-order valence-electron chi connectivity index (χ3n) is 4.10. The molecule has 24 heavy (non-hydrogen) atoms. The lowest BCUT2D eigenvalue weighted by Crippen LogP contribution is -2.53. The Morgan fingerprint density at radius 1 is 1.12 bits per heavy atom. The third-order valence-corrected chi connectivity index (χ3v) is 5.96. The van der Waals surface area contributed by atoms with E-state index in [1.165, 1.54) is 0 Å². The first kappa shape index (κ1) is 16.9. The Morgan fingerprint density at radius 3 is 2.17 bits per heavy atom. The Balaban J connectivity index is 1.89. The van der Waals surface area contributed by atoms with Crippen LogP contribution in [0.15, 0.2) is 42.5 Å². The largest absolute Gasteiger partial charge is 0.489 e. The number of ether oxygens (including phenoxy) is 2. The molecular formula is C17H16F2O4S. The molecule has 0 atom stereocenters. The highest BCUT2D eigenvalue weighted by Crippen LogP contribution is 2.41. The Bertz CT molecular complexity index is 823. The lowest BCUT2D eigenvalue weighted by Gasteiger charge is -2.40. The van der Waals surface area contributed by atoms with Gasteiger partial charge in [0.2, 0.25) is 0 Å².